The van der Waals surface area contributed by atoms with Gasteiger partial charge in [0.1, 0.15) is 5.75 Å². The van der Waals surface area contributed by atoms with Gasteiger partial charge in [-0.05, 0) is 85.8 Å². The van der Waals surface area contributed by atoms with Crippen LogP contribution in [0.3, 0.4) is 0 Å². The summed E-state index contributed by atoms with van der Waals surface area (Å²) < 4.78 is 7.33. The van der Waals surface area contributed by atoms with Crippen LogP contribution in [0, 0.1) is 13.8 Å². The molecule has 0 N–H and O–H groups in total. The van der Waals surface area contributed by atoms with E-state index in [1.165, 1.54) is 0 Å². The highest BCUT2D eigenvalue weighted by atomic mass is 35.5. The lowest BCUT2D eigenvalue weighted by Crippen LogP contribution is -2.27. The van der Waals surface area contributed by atoms with Crippen molar-refractivity contribution >= 4 is 46.3 Å². The first kappa shape index (κ1) is 20.3. The molecule has 1 aliphatic heterocycles. The van der Waals surface area contributed by atoms with Gasteiger partial charge in [-0.3, -0.25) is 9.59 Å². The topological polar surface area (TPSA) is 51.5 Å². The van der Waals surface area contributed by atoms with Crippen LogP contribution in [0.4, 0.5) is 10.5 Å². The largest absolute Gasteiger partial charge is 0.497 e. The fourth-order valence-corrected chi connectivity index (χ4v) is 4.53. The van der Waals surface area contributed by atoms with Gasteiger partial charge in [0.25, 0.3) is 11.1 Å². The summed E-state index contributed by atoms with van der Waals surface area (Å²) in [6.07, 6.45) is 1.78. The number of halogens is 1. The average Bonchev–Trinajstić information content (AvgIpc) is 3.16. The SMILES string of the molecule is COc1ccc(-n2c(C)cc(/C=C3/SC(=O)N(c4cccc(Cl)c4)C3=O)c2C)cc1. The van der Waals surface area contributed by atoms with Gasteiger partial charge >= 0.3 is 0 Å². The fourth-order valence-electron chi connectivity index (χ4n) is 3.51. The number of anilines is 1. The highest BCUT2D eigenvalue weighted by molar-refractivity contribution is 8.19. The Hall–Kier alpha value is -2.96. The van der Waals surface area contributed by atoms with E-state index in [-0.39, 0.29) is 11.1 Å². The van der Waals surface area contributed by atoms with E-state index < -0.39 is 0 Å². The summed E-state index contributed by atoms with van der Waals surface area (Å²) >= 11 is 6.95. The Kier molecular flexibility index (Phi) is 5.45. The first-order chi connectivity index (χ1) is 14.4. The number of carbonyl (C=O) groups excluding carboxylic acids is 2. The number of ether oxygens (including phenoxy) is 1. The summed E-state index contributed by atoms with van der Waals surface area (Å²) in [5, 5.41) is 0.135. The highest BCUT2D eigenvalue weighted by Gasteiger charge is 2.36. The van der Waals surface area contributed by atoms with Crippen LogP contribution in [0.2, 0.25) is 5.02 Å². The smallest absolute Gasteiger partial charge is 0.298 e. The number of imide groups is 1. The minimum atomic E-state index is -0.346. The number of aromatic nitrogens is 1. The minimum absolute atomic E-state index is 0.336. The molecule has 2 aromatic carbocycles. The van der Waals surface area contributed by atoms with Gasteiger partial charge in [0.15, 0.2) is 0 Å². The third-order valence-electron chi connectivity index (χ3n) is 4.95. The predicted molar refractivity (Wildman–Crippen MR) is 122 cm³/mol. The molecule has 5 nitrogen and oxygen atoms in total. The lowest BCUT2D eigenvalue weighted by atomic mass is 10.2. The van der Waals surface area contributed by atoms with Gasteiger partial charge in [-0.15, -0.1) is 0 Å². The third kappa shape index (κ3) is 3.64. The van der Waals surface area contributed by atoms with Crippen LogP contribution in [0.5, 0.6) is 5.75 Å². The first-order valence-corrected chi connectivity index (χ1v) is 10.5. The van der Waals surface area contributed by atoms with Gasteiger partial charge in [0.05, 0.1) is 17.7 Å². The average molecular weight is 439 g/mol. The molecule has 1 aliphatic rings. The highest BCUT2D eigenvalue weighted by Crippen LogP contribution is 2.37. The van der Waals surface area contributed by atoms with E-state index >= 15 is 0 Å². The molecule has 0 atom stereocenters. The lowest BCUT2D eigenvalue weighted by molar-refractivity contribution is -0.113. The van der Waals surface area contributed by atoms with Crippen molar-refractivity contribution in [1.29, 1.82) is 0 Å². The molecule has 0 aliphatic carbocycles. The van der Waals surface area contributed by atoms with Crippen molar-refractivity contribution in [2.24, 2.45) is 0 Å². The number of nitrogens with zero attached hydrogens (tertiary/aromatic N) is 2. The molecule has 1 aromatic heterocycles. The molecule has 3 aromatic rings. The van der Waals surface area contributed by atoms with Crippen molar-refractivity contribution in [3.8, 4) is 11.4 Å². The summed E-state index contributed by atoms with van der Waals surface area (Å²) in [5.41, 5.74) is 4.36. The van der Waals surface area contributed by atoms with Crippen molar-refractivity contribution in [3.05, 3.63) is 81.5 Å². The van der Waals surface area contributed by atoms with E-state index in [4.69, 9.17) is 16.3 Å². The van der Waals surface area contributed by atoms with E-state index in [1.807, 2.05) is 44.2 Å². The molecule has 0 radical (unpaired) electrons. The Bertz CT molecular complexity index is 1180. The standard InChI is InChI=1S/C23H19ClN2O3S/c1-14-11-16(15(2)25(14)18-7-9-20(29-3)10-8-18)12-21-22(27)26(23(28)30-21)19-6-4-5-17(24)13-19/h4-13H,1-3H3/b21-12+. The van der Waals surface area contributed by atoms with Crippen molar-refractivity contribution < 1.29 is 14.3 Å². The summed E-state index contributed by atoms with van der Waals surface area (Å²) in [6, 6.07) is 16.5. The number of rotatable bonds is 4. The van der Waals surface area contributed by atoms with Gasteiger partial charge in [-0.1, -0.05) is 17.7 Å². The quantitative estimate of drug-likeness (QED) is 0.469. The van der Waals surface area contributed by atoms with E-state index in [9.17, 15) is 9.59 Å². The summed E-state index contributed by atoms with van der Waals surface area (Å²) in [5.74, 6) is 0.442. The van der Waals surface area contributed by atoms with Crippen LogP contribution in [0.1, 0.15) is 17.0 Å². The molecule has 0 unspecified atom stereocenters. The van der Waals surface area contributed by atoms with Crippen LogP contribution in [0.25, 0.3) is 11.8 Å². The molecule has 4 rings (SSSR count). The van der Waals surface area contributed by atoms with E-state index in [1.54, 1.807) is 37.5 Å². The first-order valence-electron chi connectivity index (χ1n) is 9.26. The predicted octanol–water partition coefficient (Wildman–Crippen LogP) is 6.00. The second-order valence-corrected chi connectivity index (χ2v) is 8.29. The zero-order chi connectivity index (χ0) is 21.4. The molecule has 2 amide bonds. The Morgan fingerprint density at radius 2 is 1.73 bits per heavy atom. The van der Waals surface area contributed by atoms with Gasteiger partial charge in [-0.25, -0.2) is 4.90 Å². The van der Waals surface area contributed by atoms with Gasteiger partial charge in [0, 0.05) is 22.1 Å². The summed E-state index contributed by atoms with van der Waals surface area (Å²) in [7, 11) is 1.63. The molecule has 0 bridgehead atoms. The van der Waals surface area contributed by atoms with Crippen molar-refractivity contribution in [2.75, 3.05) is 12.0 Å². The van der Waals surface area contributed by atoms with E-state index in [0.29, 0.717) is 15.6 Å². The van der Waals surface area contributed by atoms with Crippen LogP contribution in [0.15, 0.2) is 59.5 Å². The van der Waals surface area contributed by atoms with Crippen LogP contribution in [-0.4, -0.2) is 22.8 Å². The number of methoxy groups -OCH3 is 1. The molecular formula is C23H19ClN2O3S. The maximum absolute atomic E-state index is 12.9. The molecular weight excluding hydrogens is 420 g/mol. The maximum atomic E-state index is 12.9. The van der Waals surface area contributed by atoms with Gasteiger partial charge in [0.2, 0.25) is 0 Å². The molecule has 0 saturated carbocycles. The molecule has 1 saturated heterocycles. The number of aryl methyl sites for hydroxylation is 1. The number of hydrogen-bond acceptors (Lipinski definition) is 4. The number of thioether (sulfide) groups is 1. The van der Waals surface area contributed by atoms with E-state index in [0.717, 1.165) is 45.1 Å². The van der Waals surface area contributed by atoms with Crippen molar-refractivity contribution in [1.82, 2.24) is 4.57 Å². The zero-order valence-corrected chi connectivity index (χ0v) is 18.3. The molecule has 0 spiro atoms. The number of hydrogen-bond donors (Lipinski definition) is 0. The Balaban J connectivity index is 1.68. The molecule has 2 heterocycles. The summed E-state index contributed by atoms with van der Waals surface area (Å²) in [6.45, 7) is 4.00. The number of benzene rings is 2. The number of amides is 2. The van der Waals surface area contributed by atoms with Gasteiger partial charge < -0.3 is 9.30 Å². The zero-order valence-electron chi connectivity index (χ0n) is 16.7. The second kappa shape index (κ2) is 8.05. The molecule has 1 fully saturated rings. The normalized spacial score (nSPS) is 15.3. The van der Waals surface area contributed by atoms with Crippen molar-refractivity contribution in [3.63, 3.8) is 0 Å². The molecule has 30 heavy (non-hydrogen) atoms. The fraction of sp³-hybridized carbons (Fsp3) is 0.130. The van der Waals surface area contributed by atoms with E-state index in [2.05, 4.69) is 4.57 Å². The van der Waals surface area contributed by atoms with Crippen molar-refractivity contribution in [2.45, 2.75) is 13.8 Å². The van der Waals surface area contributed by atoms with Gasteiger partial charge in [-0.2, -0.15) is 0 Å². The monoisotopic (exact) mass is 438 g/mol. The Labute approximate surface area is 183 Å². The second-order valence-electron chi connectivity index (χ2n) is 6.86. The maximum Gasteiger partial charge on any atom is 0.298 e. The Morgan fingerprint density at radius 1 is 1.00 bits per heavy atom. The van der Waals surface area contributed by atoms with Crippen LogP contribution < -0.4 is 9.64 Å². The van der Waals surface area contributed by atoms with Crippen LogP contribution in [-0.2, 0) is 4.79 Å². The Morgan fingerprint density at radius 3 is 2.40 bits per heavy atom. The molecule has 152 valence electrons. The lowest BCUT2D eigenvalue weighted by Gasteiger charge is -2.12. The summed E-state index contributed by atoms with van der Waals surface area (Å²) in [4.78, 5) is 27.0. The number of carbonyl (C=O) groups is 2. The minimum Gasteiger partial charge on any atom is -0.497 e. The third-order valence-corrected chi connectivity index (χ3v) is 6.05. The van der Waals surface area contributed by atoms with Crippen LogP contribution >= 0.6 is 23.4 Å². The molecule has 7 heteroatoms.